The number of aliphatic carboxylic acids is 1. The third-order valence-corrected chi connectivity index (χ3v) is 1.83. The highest BCUT2D eigenvalue weighted by Gasteiger charge is 2.22. The Kier molecular flexibility index (Phi) is 3.27. The van der Waals surface area contributed by atoms with Gasteiger partial charge in [-0.1, -0.05) is 6.92 Å². The van der Waals surface area contributed by atoms with E-state index in [4.69, 9.17) is 15.3 Å². The first-order valence-corrected chi connectivity index (χ1v) is 4.20. The standard InChI is InChI=1S/C8H11N3O4/c1-5(7(12)13)3-11(8(9)14)6-2-10-4-15-6/h2,4-5H,3H2,1H3,(H2,9,14)(H,12,13). The Morgan fingerprint density at radius 1 is 1.73 bits per heavy atom. The number of primary amides is 1. The SMILES string of the molecule is CC(CN(C(N)=O)c1cnco1)C(=O)O. The number of oxazole rings is 1. The second-order valence-corrected chi connectivity index (χ2v) is 3.03. The normalized spacial score (nSPS) is 12.1. The van der Waals surface area contributed by atoms with Crippen LogP contribution in [0.15, 0.2) is 17.0 Å². The third kappa shape index (κ3) is 2.70. The molecule has 0 spiro atoms. The molecule has 0 aromatic carbocycles. The van der Waals surface area contributed by atoms with Gasteiger partial charge in [0.2, 0.25) is 5.88 Å². The number of hydrogen-bond donors (Lipinski definition) is 2. The number of nitrogens with zero attached hydrogens (tertiary/aromatic N) is 2. The lowest BCUT2D eigenvalue weighted by atomic mass is 10.2. The molecule has 0 radical (unpaired) electrons. The summed E-state index contributed by atoms with van der Waals surface area (Å²) in [5.74, 6) is -1.61. The third-order valence-electron chi connectivity index (χ3n) is 1.83. The predicted octanol–water partition coefficient (Wildman–Crippen LogP) is 0.280. The van der Waals surface area contributed by atoms with Gasteiger partial charge in [0.05, 0.1) is 12.1 Å². The number of amides is 2. The Hall–Kier alpha value is -2.05. The number of rotatable bonds is 4. The van der Waals surface area contributed by atoms with Crippen molar-refractivity contribution in [1.29, 1.82) is 0 Å². The number of nitrogens with two attached hydrogens (primary N) is 1. The maximum Gasteiger partial charge on any atom is 0.321 e. The van der Waals surface area contributed by atoms with Crippen molar-refractivity contribution in [3.05, 3.63) is 12.6 Å². The fourth-order valence-electron chi connectivity index (χ4n) is 0.983. The van der Waals surface area contributed by atoms with E-state index < -0.39 is 17.9 Å². The van der Waals surface area contributed by atoms with E-state index >= 15 is 0 Å². The van der Waals surface area contributed by atoms with Gasteiger partial charge in [-0.25, -0.2) is 9.78 Å². The van der Waals surface area contributed by atoms with E-state index in [9.17, 15) is 9.59 Å². The number of hydrogen-bond acceptors (Lipinski definition) is 4. The summed E-state index contributed by atoms with van der Waals surface area (Å²) < 4.78 is 4.86. The summed E-state index contributed by atoms with van der Waals surface area (Å²) in [7, 11) is 0. The van der Waals surface area contributed by atoms with Crippen LogP contribution in [0.1, 0.15) is 6.92 Å². The Morgan fingerprint density at radius 2 is 2.40 bits per heavy atom. The first-order chi connectivity index (χ1) is 7.02. The van der Waals surface area contributed by atoms with Gasteiger partial charge in [0.25, 0.3) is 0 Å². The first-order valence-electron chi connectivity index (χ1n) is 4.20. The molecule has 7 nitrogen and oxygen atoms in total. The van der Waals surface area contributed by atoms with Crippen LogP contribution in [0.25, 0.3) is 0 Å². The van der Waals surface area contributed by atoms with Crippen molar-refractivity contribution in [3.63, 3.8) is 0 Å². The topological polar surface area (TPSA) is 110 Å². The van der Waals surface area contributed by atoms with Crippen LogP contribution in [-0.4, -0.2) is 28.6 Å². The molecule has 0 bridgehead atoms. The van der Waals surface area contributed by atoms with Crippen molar-refractivity contribution in [1.82, 2.24) is 4.98 Å². The summed E-state index contributed by atoms with van der Waals surface area (Å²) in [5, 5.41) is 8.69. The smallest absolute Gasteiger partial charge is 0.321 e. The molecular weight excluding hydrogens is 202 g/mol. The molecule has 1 unspecified atom stereocenters. The first kappa shape index (κ1) is 11.0. The average Bonchev–Trinajstić information content (AvgIpc) is 2.65. The van der Waals surface area contributed by atoms with E-state index in [1.54, 1.807) is 0 Å². The molecule has 1 heterocycles. The summed E-state index contributed by atoms with van der Waals surface area (Å²) in [6.07, 6.45) is 2.43. The molecule has 0 aliphatic heterocycles. The maximum absolute atomic E-state index is 11.0. The molecule has 0 saturated heterocycles. The lowest BCUT2D eigenvalue weighted by molar-refractivity contribution is -0.140. The average molecular weight is 213 g/mol. The lowest BCUT2D eigenvalue weighted by Crippen LogP contribution is -2.40. The molecule has 15 heavy (non-hydrogen) atoms. The monoisotopic (exact) mass is 213 g/mol. The molecule has 0 fully saturated rings. The van der Waals surface area contributed by atoms with Crippen molar-refractivity contribution in [2.75, 3.05) is 11.4 Å². The van der Waals surface area contributed by atoms with Gasteiger partial charge in [0, 0.05) is 6.54 Å². The van der Waals surface area contributed by atoms with Gasteiger partial charge in [0.1, 0.15) is 0 Å². The van der Waals surface area contributed by atoms with E-state index in [0.29, 0.717) is 0 Å². The van der Waals surface area contributed by atoms with E-state index in [0.717, 1.165) is 11.3 Å². The van der Waals surface area contributed by atoms with Crippen molar-refractivity contribution >= 4 is 17.9 Å². The number of carbonyl (C=O) groups excluding carboxylic acids is 1. The highest BCUT2D eigenvalue weighted by molar-refractivity contribution is 5.89. The number of anilines is 1. The molecule has 0 saturated carbocycles. The van der Waals surface area contributed by atoms with Crippen LogP contribution < -0.4 is 10.6 Å². The van der Waals surface area contributed by atoms with Crippen molar-refractivity contribution in [2.45, 2.75) is 6.92 Å². The highest BCUT2D eigenvalue weighted by atomic mass is 16.4. The molecule has 1 atom stereocenters. The van der Waals surface area contributed by atoms with Gasteiger partial charge >= 0.3 is 12.0 Å². The zero-order valence-electron chi connectivity index (χ0n) is 8.08. The fourth-order valence-corrected chi connectivity index (χ4v) is 0.983. The molecule has 7 heteroatoms. The Bertz CT molecular complexity index is 349. The fraction of sp³-hybridized carbons (Fsp3) is 0.375. The van der Waals surface area contributed by atoms with Crippen LogP contribution in [0.3, 0.4) is 0 Å². The van der Waals surface area contributed by atoms with Gasteiger partial charge in [-0.15, -0.1) is 0 Å². The Morgan fingerprint density at radius 3 is 2.80 bits per heavy atom. The van der Waals surface area contributed by atoms with Crippen molar-refractivity contribution < 1.29 is 19.1 Å². The van der Waals surface area contributed by atoms with Gasteiger partial charge in [-0.3, -0.25) is 9.69 Å². The van der Waals surface area contributed by atoms with Crippen LogP contribution in [0.2, 0.25) is 0 Å². The molecule has 1 aromatic heterocycles. The van der Waals surface area contributed by atoms with E-state index in [1.165, 1.54) is 13.1 Å². The minimum Gasteiger partial charge on any atom is -0.481 e. The number of carbonyl (C=O) groups is 2. The minimum atomic E-state index is -1.01. The molecule has 1 aromatic rings. The maximum atomic E-state index is 11.0. The molecule has 2 amide bonds. The molecule has 1 rings (SSSR count). The number of aromatic nitrogens is 1. The van der Waals surface area contributed by atoms with Crippen molar-refractivity contribution in [2.24, 2.45) is 11.7 Å². The van der Waals surface area contributed by atoms with Gasteiger partial charge < -0.3 is 15.3 Å². The minimum absolute atomic E-state index is 0.0557. The van der Waals surface area contributed by atoms with Crippen molar-refractivity contribution in [3.8, 4) is 0 Å². The van der Waals surface area contributed by atoms with Crippen LogP contribution in [-0.2, 0) is 4.79 Å². The number of carboxylic acid groups (broad SMARTS) is 1. The molecule has 3 N–H and O–H groups in total. The summed E-state index contributed by atoms with van der Waals surface area (Å²) in [6.45, 7) is 1.41. The molecule has 0 aliphatic carbocycles. The zero-order chi connectivity index (χ0) is 11.4. The molecule has 82 valence electrons. The summed E-state index contributed by atoms with van der Waals surface area (Å²) in [5.41, 5.74) is 5.08. The number of carboxylic acids is 1. The summed E-state index contributed by atoms with van der Waals surface area (Å²) >= 11 is 0. The number of urea groups is 1. The lowest BCUT2D eigenvalue weighted by Gasteiger charge is -2.18. The largest absolute Gasteiger partial charge is 0.481 e. The van der Waals surface area contributed by atoms with E-state index in [-0.39, 0.29) is 12.4 Å². The summed E-state index contributed by atoms with van der Waals surface area (Å²) in [4.78, 5) is 26.3. The van der Waals surface area contributed by atoms with E-state index in [2.05, 4.69) is 4.98 Å². The predicted molar refractivity (Wildman–Crippen MR) is 50.2 cm³/mol. The van der Waals surface area contributed by atoms with Gasteiger partial charge in [-0.2, -0.15) is 0 Å². The molecular formula is C8H11N3O4. The second-order valence-electron chi connectivity index (χ2n) is 3.03. The summed E-state index contributed by atoms with van der Waals surface area (Å²) in [6, 6.07) is -0.778. The Labute approximate surface area is 85.5 Å². The highest BCUT2D eigenvalue weighted by Crippen LogP contribution is 2.14. The Balaban J connectivity index is 2.77. The van der Waals surface area contributed by atoms with Gasteiger partial charge in [-0.05, 0) is 0 Å². The van der Waals surface area contributed by atoms with Crippen LogP contribution >= 0.6 is 0 Å². The van der Waals surface area contributed by atoms with Crippen LogP contribution in [0.5, 0.6) is 0 Å². The van der Waals surface area contributed by atoms with Crippen LogP contribution in [0.4, 0.5) is 10.7 Å². The van der Waals surface area contributed by atoms with E-state index in [1.807, 2.05) is 0 Å². The van der Waals surface area contributed by atoms with Crippen LogP contribution in [0, 0.1) is 5.92 Å². The second kappa shape index (κ2) is 4.45. The molecule has 0 aliphatic rings. The quantitative estimate of drug-likeness (QED) is 0.746. The van der Waals surface area contributed by atoms with Gasteiger partial charge in [0.15, 0.2) is 6.39 Å². The zero-order valence-corrected chi connectivity index (χ0v) is 8.08.